The number of aromatic nitrogens is 5. The smallest absolute Gasteiger partial charge is 0.419 e. The van der Waals surface area contributed by atoms with Crippen LogP contribution in [-0.2, 0) is 20.5 Å². The van der Waals surface area contributed by atoms with Gasteiger partial charge >= 0.3 is 6.18 Å². The number of ether oxygens (including phenoxy) is 1. The van der Waals surface area contributed by atoms with Crippen LogP contribution < -0.4 is 11.1 Å². The van der Waals surface area contributed by atoms with Gasteiger partial charge in [0.2, 0.25) is 5.60 Å². The minimum absolute atomic E-state index is 0.0137. The number of carbonyl (C=O) groups is 2. The highest BCUT2D eigenvalue weighted by molar-refractivity contribution is 6.01. The van der Waals surface area contributed by atoms with Gasteiger partial charge in [0.1, 0.15) is 11.4 Å². The Morgan fingerprint density at radius 3 is 2.76 bits per heavy atom. The molecule has 1 aliphatic rings. The molecule has 10 nitrogen and oxygen atoms in total. The minimum atomic E-state index is -5.08. The van der Waals surface area contributed by atoms with Gasteiger partial charge in [-0.15, -0.1) is 0 Å². The molecule has 15 heteroatoms. The Bertz CT molecular complexity index is 1550. The number of imidazole rings is 1. The number of carbonyl (C=O) groups excluding carboxylic acids is 2. The quantitative estimate of drug-likeness (QED) is 0.250. The number of aromatic amines is 1. The van der Waals surface area contributed by atoms with Crippen molar-refractivity contribution in [2.45, 2.75) is 37.2 Å². The Hall–Kier alpha value is -4.14. The van der Waals surface area contributed by atoms with Gasteiger partial charge in [0, 0.05) is 29.1 Å². The van der Waals surface area contributed by atoms with Crippen LogP contribution in [0.25, 0.3) is 27.8 Å². The van der Waals surface area contributed by atoms with Crippen molar-refractivity contribution in [2.75, 3.05) is 11.9 Å². The maximum atomic E-state index is 15.4. The number of hydrogen-bond acceptors (Lipinski definition) is 7. The number of amides is 1. The first-order chi connectivity index (χ1) is 17.5. The van der Waals surface area contributed by atoms with Crippen molar-refractivity contribution in [3.05, 3.63) is 41.7 Å². The van der Waals surface area contributed by atoms with E-state index in [0.29, 0.717) is 0 Å². The van der Waals surface area contributed by atoms with Crippen LogP contribution in [0.5, 0.6) is 0 Å². The van der Waals surface area contributed by atoms with E-state index in [4.69, 9.17) is 5.73 Å². The van der Waals surface area contributed by atoms with Gasteiger partial charge in [-0.05, 0) is 12.5 Å². The molecule has 1 amide bonds. The third-order valence-electron chi connectivity index (χ3n) is 6.32. The summed E-state index contributed by atoms with van der Waals surface area (Å²) < 4.78 is 77.5. The average Bonchev–Trinajstić information content (AvgIpc) is 3.16. The van der Waals surface area contributed by atoms with E-state index in [0.717, 1.165) is 12.4 Å². The second-order valence-electron chi connectivity index (χ2n) is 8.66. The second-order valence-corrected chi connectivity index (χ2v) is 8.66. The first kappa shape index (κ1) is 24.5. The molecule has 0 spiro atoms. The van der Waals surface area contributed by atoms with Gasteiger partial charge in [-0.1, -0.05) is 6.92 Å². The summed E-state index contributed by atoms with van der Waals surface area (Å²) in [4.78, 5) is 31.2. The van der Waals surface area contributed by atoms with Crippen LogP contribution in [0, 0.1) is 5.82 Å². The molecular formula is C22H18F5N7O3. The van der Waals surface area contributed by atoms with E-state index in [9.17, 15) is 27.2 Å². The van der Waals surface area contributed by atoms with Gasteiger partial charge in [-0.25, -0.2) is 13.8 Å². The highest BCUT2D eigenvalue weighted by Crippen LogP contribution is 2.45. The molecule has 37 heavy (non-hydrogen) atoms. The fraction of sp³-hybridized carbons (Fsp3) is 0.318. The number of alkyl halides is 4. The number of rotatable bonds is 7. The summed E-state index contributed by atoms with van der Waals surface area (Å²) in [6, 6.07) is 0. The molecule has 5 rings (SSSR count). The lowest BCUT2D eigenvalue weighted by Crippen LogP contribution is -2.35. The van der Waals surface area contributed by atoms with Crippen molar-refractivity contribution in [3.8, 4) is 11.3 Å². The van der Waals surface area contributed by atoms with Crippen molar-refractivity contribution < 1.29 is 36.3 Å². The average molecular weight is 523 g/mol. The first-order valence-electron chi connectivity index (χ1n) is 10.9. The zero-order chi connectivity index (χ0) is 26.7. The molecule has 0 saturated heterocycles. The predicted octanol–water partition coefficient (Wildman–Crippen LogP) is 3.08. The van der Waals surface area contributed by atoms with Gasteiger partial charge in [0.25, 0.3) is 12.4 Å². The molecular weight excluding hydrogens is 505 g/mol. The molecule has 1 saturated carbocycles. The van der Waals surface area contributed by atoms with Gasteiger partial charge in [0.15, 0.2) is 17.6 Å². The Morgan fingerprint density at radius 2 is 2.14 bits per heavy atom. The van der Waals surface area contributed by atoms with Crippen molar-refractivity contribution in [1.29, 1.82) is 0 Å². The van der Waals surface area contributed by atoms with Crippen LogP contribution in [0.2, 0.25) is 0 Å². The molecule has 1 aliphatic carbocycles. The Morgan fingerprint density at radius 1 is 1.41 bits per heavy atom. The SMILES string of the molecule is CC(CN)c1c(F)c(C(F)(F)F)c(-c2cn3cc(NC(=O)[C@@]4(OC=O)C[C@@H]4F)nc3cn2)c2cn[nH]c12. The summed E-state index contributed by atoms with van der Waals surface area (Å²) in [5.74, 6) is -3.27. The molecule has 194 valence electrons. The largest absolute Gasteiger partial charge is 0.448 e. The Labute approximate surface area is 204 Å². The lowest BCUT2D eigenvalue weighted by Gasteiger charge is -2.20. The maximum absolute atomic E-state index is 15.4. The molecule has 4 N–H and O–H groups in total. The second kappa shape index (κ2) is 8.47. The summed E-state index contributed by atoms with van der Waals surface area (Å²) in [7, 11) is 0. The zero-order valence-corrected chi connectivity index (χ0v) is 18.9. The van der Waals surface area contributed by atoms with E-state index >= 15 is 4.39 Å². The van der Waals surface area contributed by atoms with Crippen LogP contribution in [0.1, 0.15) is 30.4 Å². The molecule has 3 aromatic heterocycles. The summed E-state index contributed by atoms with van der Waals surface area (Å²) in [5, 5.41) is 8.67. The number of halogens is 5. The van der Waals surface area contributed by atoms with Gasteiger partial charge < -0.3 is 20.2 Å². The number of fused-ring (bicyclic) bond motifs is 2. The summed E-state index contributed by atoms with van der Waals surface area (Å²) in [6.45, 7) is 1.37. The normalized spacial score (nSPS) is 20.2. The van der Waals surface area contributed by atoms with Crippen LogP contribution in [0.15, 0.2) is 24.8 Å². The molecule has 0 radical (unpaired) electrons. The fourth-order valence-corrected chi connectivity index (χ4v) is 4.30. The Kier molecular flexibility index (Phi) is 5.62. The molecule has 1 fully saturated rings. The van der Waals surface area contributed by atoms with E-state index < -0.39 is 46.7 Å². The molecule has 0 aliphatic heterocycles. The maximum Gasteiger partial charge on any atom is 0.419 e. The van der Waals surface area contributed by atoms with Crippen molar-refractivity contribution in [3.63, 3.8) is 0 Å². The lowest BCUT2D eigenvalue weighted by atomic mass is 9.90. The van der Waals surface area contributed by atoms with Gasteiger partial charge in [0.05, 0.1) is 29.8 Å². The molecule has 4 aromatic rings. The highest BCUT2D eigenvalue weighted by atomic mass is 19.4. The monoisotopic (exact) mass is 523 g/mol. The third kappa shape index (κ3) is 3.85. The van der Waals surface area contributed by atoms with E-state index in [1.807, 2.05) is 0 Å². The van der Waals surface area contributed by atoms with E-state index in [2.05, 4.69) is 30.2 Å². The molecule has 1 aromatic carbocycles. The fourth-order valence-electron chi connectivity index (χ4n) is 4.30. The number of nitrogens with one attached hydrogen (secondary N) is 2. The van der Waals surface area contributed by atoms with E-state index in [1.165, 1.54) is 23.7 Å². The number of H-pyrrole nitrogens is 1. The topological polar surface area (TPSA) is 140 Å². The molecule has 1 unspecified atom stereocenters. The highest BCUT2D eigenvalue weighted by Gasteiger charge is 2.64. The molecule has 0 bridgehead atoms. The number of nitrogens with zero attached hydrogens (tertiary/aromatic N) is 4. The molecule has 3 atom stereocenters. The number of benzene rings is 1. The Balaban J connectivity index is 1.62. The van der Waals surface area contributed by atoms with Crippen LogP contribution in [0.4, 0.5) is 27.8 Å². The standard InChI is InChI=1S/C22H18F5N7O3/c1-9(3-28)15-18(24)17(22(25,26)27)16(10-4-30-33-19(10)15)11-6-34-7-13(31-14(34)5-29-11)32-20(36)21(37-8-35)2-12(21)23/h4-9,12H,2-3,28H2,1H3,(H,30,33)(H,32,36)/t9?,12-,21+/m0/s1. The van der Waals surface area contributed by atoms with Crippen LogP contribution in [0.3, 0.4) is 0 Å². The number of nitrogens with two attached hydrogens (primary N) is 1. The van der Waals surface area contributed by atoms with Crippen LogP contribution >= 0.6 is 0 Å². The first-order valence-corrected chi connectivity index (χ1v) is 10.9. The third-order valence-corrected chi connectivity index (χ3v) is 6.32. The summed E-state index contributed by atoms with van der Waals surface area (Å²) in [5.41, 5.74) is 1.29. The lowest BCUT2D eigenvalue weighted by molar-refractivity contribution is -0.146. The zero-order valence-electron chi connectivity index (χ0n) is 18.9. The van der Waals surface area contributed by atoms with Crippen molar-refractivity contribution in [2.24, 2.45) is 5.73 Å². The minimum Gasteiger partial charge on any atom is -0.448 e. The number of anilines is 1. The number of hydrogen-bond donors (Lipinski definition) is 3. The summed E-state index contributed by atoms with van der Waals surface area (Å²) in [6.07, 6.45) is -2.40. The van der Waals surface area contributed by atoms with Crippen molar-refractivity contribution in [1.82, 2.24) is 24.6 Å². The van der Waals surface area contributed by atoms with Gasteiger partial charge in [-0.3, -0.25) is 19.7 Å². The van der Waals surface area contributed by atoms with E-state index in [1.54, 1.807) is 0 Å². The van der Waals surface area contributed by atoms with Crippen LogP contribution in [-0.4, -0.2) is 55.3 Å². The summed E-state index contributed by atoms with van der Waals surface area (Å²) >= 11 is 0. The van der Waals surface area contributed by atoms with Gasteiger partial charge in [-0.2, -0.15) is 18.3 Å². The van der Waals surface area contributed by atoms with E-state index in [-0.39, 0.29) is 53.1 Å². The van der Waals surface area contributed by atoms with Crippen molar-refractivity contribution >= 4 is 34.7 Å². The predicted molar refractivity (Wildman–Crippen MR) is 119 cm³/mol. The molecule has 3 heterocycles.